The average Bonchev–Trinajstić information content (AvgIpc) is 3.19. The topological polar surface area (TPSA) is 144 Å². The van der Waals surface area contributed by atoms with E-state index in [2.05, 4.69) is 9.44 Å². The molecule has 35 heavy (non-hydrogen) atoms. The monoisotopic (exact) mass is 518 g/mol. The Labute approximate surface area is 208 Å². The molecular formula is C25H34N4O4S2. The second kappa shape index (κ2) is 9.57. The first-order chi connectivity index (χ1) is 16.6. The lowest BCUT2D eigenvalue weighted by atomic mass is 9.92. The molecule has 6 N–H and O–H groups in total. The van der Waals surface area contributed by atoms with Crippen molar-refractivity contribution < 1.29 is 16.8 Å². The van der Waals surface area contributed by atoms with Crippen molar-refractivity contribution in [3.05, 3.63) is 47.5 Å². The molecule has 0 saturated heterocycles. The maximum absolute atomic E-state index is 13.1. The summed E-state index contributed by atoms with van der Waals surface area (Å²) in [4.78, 5) is 0.422. The van der Waals surface area contributed by atoms with Gasteiger partial charge in [0.1, 0.15) is 0 Å². The highest BCUT2D eigenvalue weighted by molar-refractivity contribution is 7.89. The minimum Gasteiger partial charge on any atom is -0.326 e. The summed E-state index contributed by atoms with van der Waals surface area (Å²) in [5.41, 5.74) is 15.9. The number of benzene rings is 2. The molecule has 3 aliphatic carbocycles. The molecule has 2 saturated carbocycles. The lowest BCUT2D eigenvalue weighted by Crippen LogP contribution is -2.49. The van der Waals surface area contributed by atoms with Crippen LogP contribution in [0.3, 0.4) is 0 Å². The van der Waals surface area contributed by atoms with Gasteiger partial charge >= 0.3 is 0 Å². The van der Waals surface area contributed by atoms with E-state index < -0.39 is 20.0 Å². The first-order valence-corrected chi connectivity index (χ1v) is 15.4. The zero-order chi connectivity index (χ0) is 24.8. The predicted molar refractivity (Wildman–Crippen MR) is 136 cm³/mol. The molecule has 190 valence electrons. The summed E-state index contributed by atoms with van der Waals surface area (Å²) in [5.74, 6) is 0. The van der Waals surface area contributed by atoms with Gasteiger partial charge in [-0.2, -0.15) is 0 Å². The van der Waals surface area contributed by atoms with Gasteiger partial charge in [-0.05, 0) is 78.6 Å². The lowest BCUT2D eigenvalue weighted by Gasteiger charge is -2.29. The average molecular weight is 519 g/mol. The zero-order valence-electron chi connectivity index (χ0n) is 19.7. The van der Waals surface area contributed by atoms with Crippen LogP contribution in [0.5, 0.6) is 0 Å². The Balaban J connectivity index is 1.36. The van der Waals surface area contributed by atoms with Gasteiger partial charge in [0.05, 0.1) is 9.79 Å². The fourth-order valence-corrected chi connectivity index (χ4v) is 8.39. The highest BCUT2D eigenvalue weighted by atomic mass is 32.2. The molecule has 2 aromatic rings. The summed E-state index contributed by atoms with van der Waals surface area (Å²) in [6, 6.07) is 9.38. The van der Waals surface area contributed by atoms with Crippen molar-refractivity contribution in [2.75, 3.05) is 0 Å². The Bertz CT molecular complexity index is 1230. The summed E-state index contributed by atoms with van der Waals surface area (Å²) in [6.45, 7) is 0. The maximum atomic E-state index is 13.1. The smallest absolute Gasteiger partial charge is 0.240 e. The van der Waals surface area contributed by atoms with E-state index in [1.165, 1.54) is 0 Å². The fourth-order valence-electron chi connectivity index (χ4n) is 5.64. The molecule has 5 rings (SSSR count). The van der Waals surface area contributed by atoms with Crippen LogP contribution >= 0.6 is 0 Å². The summed E-state index contributed by atoms with van der Waals surface area (Å²) in [6.07, 6.45) is 7.58. The van der Waals surface area contributed by atoms with Crippen LogP contribution in [0.2, 0.25) is 0 Å². The van der Waals surface area contributed by atoms with E-state index in [-0.39, 0.29) is 34.0 Å². The molecule has 8 nitrogen and oxygen atoms in total. The summed E-state index contributed by atoms with van der Waals surface area (Å²) in [5, 5.41) is 0. The van der Waals surface area contributed by atoms with Crippen molar-refractivity contribution in [1.82, 2.24) is 9.44 Å². The first-order valence-electron chi connectivity index (χ1n) is 12.5. The number of hydrogen-bond donors (Lipinski definition) is 4. The largest absolute Gasteiger partial charge is 0.326 e. The number of rotatable bonds is 6. The fraction of sp³-hybridized carbons (Fsp3) is 0.520. The van der Waals surface area contributed by atoms with Gasteiger partial charge in [-0.3, -0.25) is 0 Å². The molecule has 0 amide bonds. The Morgan fingerprint density at radius 2 is 1.03 bits per heavy atom. The van der Waals surface area contributed by atoms with Crippen LogP contribution in [-0.2, 0) is 26.5 Å². The molecule has 0 aliphatic heterocycles. The van der Waals surface area contributed by atoms with E-state index in [4.69, 9.17) is 11.5 Å². The van der Waals surface area contributed by atoms with E-state index in [1.807, 2.05) is 12.1 Å². The molecule has 0 radical (unpaired) electrons. The second-order valence-electron chi connectivity index (χ2n) is 10.2. The molecule has 0 heterocycles. The summed E-state index contributed by atoms with van der Waals surface area (Å²) < 4.78 is 57.8. The Morgan fingerprint density at radius 1 is 0.629 bits per heavy atom. The Hall–Kier alpha value is -1.82. The number of sulfonamides is 2. The van der Waals surface area contributed by atoms with Crippen LogP contribution in [0.25, 0.3) is 11.1 Å². The minimum atomic E-state index is -3.70. The van der Waals surface area contributed by atoms with E-state index in [1.54, 1.807) is 24.3 Å². The van der Waals surface area contributed by atoms with Crippen LogP contribution in [0, 0.1) is 0 Å². The van der Waals surface area contributed by atoms with Gasteiger partial charge in [0.2, 0.25) is 20.0 Å². The van der Waals surface area contributed by atoms with Crippen molar-refractivity contribution in [2.45, 2.75) is 91.7 Å². The normalized spacial score (nSPS) is 26.8. The van der Waals surface area contributed by atoms with Crippen LogP contribution in [0.4, 0.5) is 0 Å². The number of nitrogens with two attached hydrogens (primary N) is 2. The maximum Gasteiger partial charge on any atom is 0.240 e. The predicted octanol–water partition coefficient (Wildman–Crippen LogP) is 2.35. The summed E-state index contributed by atoms with van der Waals surface area (Å²) in [7, 11) is -7.41. The number of fused-ring (bicyclic) bond motifs is 3. The molecule has 3 aliphatic rings. The van der Waals surface area contributed by atoms with E-state index in [9.17, 15) is 16.8 Å². The van der Waals surface area contributed by atoms with Crippen molar-refractivity contribution in [3.63, 3.8) is 0 Å². The zero-order valence-corrected chi connectivity index (χ0v) is 21.4. The molecule has 2 fully saturated rings. The second-order valence-corrected chi connectivity index (χ2v) is 13.6. The molecule has 0 aromatic heterocycles. The van der Waals surface area contributed by atoms with E-state index in [0.29, 0.717) is 6.42 Å². The Morgan fingerprint density at radius 3 is 1.43 bits per heavy atom. The van der Waals surface area contributed by atoms with Gasteiger partial charge in [-0.15, -0.1) is 0 Å². The third-order valence-electron chi connectivity index (χ3n) is 7.70. The molecule has 4 atom stereocenters. The van der Waals surface area contributed by atoms with Gasteiger partial charge in [-0.25, -0.2) is 26.3 Å². The van der Waals surface area contributed by atoms with Crippen LogP contribution in [-0.4, -0.2) is 41.0 Å². The SMILES string of the molecule is N[C@@H]1CCCCC1NS(=O)(=O)c1ccc2c(c1)Cc1cc(S(=O)(=O)N[C@@H]3CCCC[C@H]3N)ccc1-2. The van der Waals surface area contributed by atoms with E-state index >= 15 is 0 Å². The molecule has 1 unspecified atom stereocenters. The highest BCUT2D eigenvalue weighted by Crippen LogP contribution is 2.39. The highest BCUT2D eigenvalue weighted by Gasteiger charge is 2.30. The molecular weight excluding hydrogens is 484 g/mol. The van der Waals surface area contributed by atoms with Gasteiger partial charge in [0, 0.05) is 24.2 Å². The van der Waals surface area contributed by atoms with Crippen molar-refractivity contribution in [3.8, 4) is 11.1 Å². The van der Waals surface area contributed by atoms with Crippen molar-refractivity contribution in [1.29, 1.82) is 0 Å². The molecule has 2 aromatic carbocycles. The van der Waals surface area contributed by atoms with Crippen LogP contribution < -0.4 is 20.9 Å². The summed E-state index contributed by atoms with van der Waals surface area (Å²) >= 11 is 0. The first kappa shape index (κ1) is 24.9. The van der Waals surface area contributed by atoms with Crippen LogP contribution in [0.1, 0.15) is 62.5 Å². The van der Waals surface area contributed by atoms with Gasteiger partial charge < -0.3 is 11.5 Å². The third-order valence-corrected chi connectivity index (χ3v) is 10.7. The molecule has 10 heteroatoms. The van der Waals surface area contributed by atoms with Gasteiger partial charge in [0.15, 0.2) is 0 Å². The Kier molecular flexibility index (Phi) is 6.80. The third kappa shape index (κ3) is 5.05. The number of hydrogen-bond acceptors (Lipinski definition) is 6. The quantitative estimate of drug-likeness (QED) is 0.394. The van der Waals surface area contributed by atoms with Gasteiger partial charge in [0.25, 0.3) is 0 Å². The minimum absolute atomic E-state index is 0.172. The lowest BCUT2D eigenvalue weighted by molar-refractivity contribution is 0.361. The standard InChI is InChI=1S/C25H34N4O4S2/c26-22-5-1-3-7-24(22)28-34(30,31)18-9-11-20-16(14-18)13-17-15-19(10-12-21(17)20)35(32,33)29-25-8-4-2-6-23(25)27/h9-12,14-15,22-25,28-29H,1-8,13,26-27H2/t22-,23-,24-,25?/m1/s1. The van der Waals surface area contributed by atoms with E-state index in [0.717, 1.165) is 73.6 Å². The van der Waals surface area contributed by atoms with Gasteiger partial charge in [-0.1, -0.05) is 37.8 Å². The van der Waals surface area contributed by atoms with Crippen LogP contribution in [0.15, 0.2) is 46.2 Å². The molecule has 0 bridgehead atoms. The number of nitrogens with one attached hydrogen (secondary N) is 2. The van der Waals surface area contributed by atoms with Crippen molar-refractivity contribution >= 4 is 20.0 Å². The van der Waals surface area contributed by atoms with Crippen molar-refractivity contribution in [2.24, 2.45) is 11.5 Å². The molecule has 0 spiro atoms.